The topological polar surface area (TPSA) is 93.2 Å². The molecule has 0 heterocycles. The molecule has 0 aliphatic carbocycles. The molecule has 0 aliphatic heterocycles. The molecule has 3 N–H and O–H groups in total. The van der Waals surface area contributed by atoms with Crippen LogP contribution in [0.5, 0.6) is 0 Å². The number of esters is 1. The number of nitrogens with one attached hydrogen (secondary N) is 1. The van der Waals surface area contributed by atoms with Crippen LogP contribution in [0, 0.1) is 5.41 Å². The Morgan fingerprint density at radius 2 is 2.22 bits per heavy atom. The molecule has 0 aromatic rings. The van der Waals surface area contributed by atoms with E-state index in [4.69, 9.17) is 15.9 Å². The Hall–Kier alpha value is -1.19. The van der Waals surface area contributed by atoms with E-state index in [-0.39, 0.29) is 12.5 Å². The minimum absolute atomic E-state index is 0.0312. The van der Waals surface area contributed by atoms with Gasteiger partial charge in [0.2, 0.25) is 6.08 Å². The highest BCUT2D eigenvalue weighted by Gasteiger charge is 1.87. The highest BCUT2D eigenvalue weighted by molar-refractivity contribution is 5.70. The second-order valence-corrected chi connectivity index (χ2v) is 0.882. The fraction of sp³-hybridized carbons (Fsp3) is 0.500. The van der Waals surface area contributed by atoms with Gasteiger partial charge in [0.25, 0.3) is 0 Å². The van der Waals surface area contributed by atoms with Crippen molar-refractivity contribution < 1.29 is 14.3 Å². The van der Waals surface area contributed by atoms with Crippen molar-refractivity contribution in [3.63, 3.8) is 0 Å². The average Bonchev–Trinajstić information content (AvgIpc) is 1.88. The van der Waals surface area contributed by atoms with Gasteiger partial charge >= 0.3 is 5.97 Å². The van der Waals surface area contributed by atoms with E-state index in [1.54, 1.807) is 0 Å². The molecule has 5 nitrogen and oxygen atoms in total. The van der Waals surface area contributed by atoms with E-state index < -0.39 is 0 Å². The Morgan fingerprint density at radius 3 is 2.22 bits per heavy atom. The van der Waals surface area contributed by atoms with Crippen molar-refractivity contribution in [2.75, 3.05) is 13.7 Å². The van der Waals surface area contributed by atoms with Gasteiger partial charge in [-0.05, 0) is 0 Å². The molecule has 5 heteroatoms. The second kappa shape index (κ2) is 9.94. The van der Waals surface area contributed by atoms with E-state index in [1.807, 2.05) is 0 Å². The molecule has 0 atom stereocenters. The number of nitrogens with two attached hydrogens (primary N) is 1. The first-order valence-electron chi connectivity index (χ1n) is 2.03. The highest BCUT2D eigenvalue weighted by atomic mass is 16.5. The van der Waals surface area contributed by atoms with E-state index >= 15 is 0 Å². The lowest BCUT2D eigenvalue weighted by atomic mass is 10.7. The molecule has 0 unspecified atom stereocenters. The Bertz CT molecular complexity index is 100. The summed E-state index contributed by atoms with van der Waals surface area (Å²) in [6.45, 7) is -0.0312. The van der Waals surface area contributed by atoms with Gasteiger partial charge in [-0.25, -0.2) is 10.2 Å². The summed E-state index contributed by atoms with van der Waals surface area (Å²) in [5.41, 5.74) is 4.81. The molecule has 0 saturated carbocycles. The van der Waals surface area contributed by atoms with Gasteiger partial charge in [0.05, 0.1) is 13.7 Å². The number of isocyanates is 1. The minimum atomic E-state index is -0.380. The molecule has 0 aliphatic rings. The summed E-state index contributed by atoms with van der Waals surface area (Å²) in [6.07, 6.45) is 0.750. The third-order valence-corrected chi connectivity index (χ3v) is 0.394. The number of ether oxygens (including phenoxy) is 1. The molecule has 0 bridgehead atoms. The largest absolute Gasteiger partial charge is 0.468 e. The second-order valence-electron chi connectivity index (χ2n) is 0.882. The van der Waals surface area contributed by atoms with Crippen molar-refractivity contribution in [1.29, 1.82) is 5.41 Å². The first kappa shape index (κ1) is 10.7. The standard InChI is InChI=1S/C3H7NO2.CHNO/c1-6-3(5)2-4;2-1-3/h2,4H2,1H3;2H. The lowest BCUT2D eigenvalue weighted by molar-refractivity contribution is -0.138. The maximum Gasteiger partial charge on any atom is 0.319 e. The van der Waals surface area contributed by atoms with Gasteiger partial charge in [-0.15, -0.1) is 0 Å². The summed E-state index contributed by atoms with van der Waals surface area (Å²) in [5, 5.41) is 5.40. The average molecular weight is 132 g/mol. The highest BCUT2D eigenvalue weighted by Crippen LogP contribution is 1.61. The summed E-state index contributed by atoms with van der Waals surface area (Å²) in [7, 11) is 1.30. The monoisotopic (exact) mass is 132 g/mol. The summed E-state index contributed by atoms with van der Waals surface area (Å²) in [5.74, 6) is -0.380. The lowest BCUT2D eigenvalue weighted by Crippen LogP contribution is -2.14. The van der Waals surface area contributed by atoms with Crippen molar-refractivity contribution in [3.05, 3.63) is 0 Å². The summed E-state index contributed by atoms with van der Waals surface area (Å²) in [4.78, 5) is 18.2. The van der Waals surface area contributed by atoms with E-state index in [1.165, 1.54) is 7.11 Å². The lowest BCUT2D eigenvalue weighted by Gasteiger charge is -1.87. The van der Waals surface area contributed by atoms with Gasteiger partial charge in [-0.3, -0.25) is 4.79 Å². The molecule has 0 fully saturated rings. The first-order valence-corrected chi connectivity index (χ1v) is 2.03. The van der Waals surface area contributed by atoms with Crippen LogP contribution in [0.15, 0.2) is 0 Å². The van der Waals surface area contributed by atoms with Crippen LogP contribution < -0.4 is 5.73 Å². The number of hydrogen-bond acceptors (Lipinski definition) is 5. The van der Waals surface area contributed by atoms with E-state index in [0.717, 1.165) is 6.08 Å². The molecular weight excluding hydrogens is 124 g/mol. The van der Waals surface area contributed by atoms with E-state index in [2.05, 4.69) is 4.74 Å². The van der Waals surface area contributed by atoms with Crippen LogP contribution in [0.25, 0.3) is 0 Å². The molecule has 9 heavy (non-hydrogen) atoms. The van der Waals surface area contributed by atoms with Crippen molar-refractivity contribution in [3.8, 4) is 0 Å². The van der Waals surface area contributed by atoms with Crippen molar-refractivity contribution in [1.82, 2.24) is 0 Å². The molecule has 0 amide bonds. The molecule has 0 aromatic heterocycles. The van der Waals surface area contributed by atoms with Crippen molar-refractivity contribution in [2.24, 2.45) is 5.73 Å². The van der Waals surface area contributed by atoms with Crippen LogP contribution in [0.3, 0.4) is 0 Å². The van der Waals surface area contributed by atoms with Crippen LogP contribution >= 0.6 is 0 Å². The predicted molar refractivity (Wildman–Crippen MR) is 29.5 cm³/mol. The van der Waals surface area contributed by atoms with Crippen LogP contribution in [0.4, 0.5) is 0 Å². The number of carbonyl (C=O) groups is 1. The summed E-state index contributed by atoms with van der Waals surface area (Å²) >= 11 is 0. The fourth-order valence-electron chi connectivity index (χ4n) is 0.0833. The number of hydrogen-bond donors (Lipinski definition) is 2. The molecule has 52 valence electrons. The van der Waals surface area contributed by atoms with Gasteiger partial charge in [0.1, 0.15) is 0 Å². The smallest absolute Gasteiger partial charge is 0.319 e. The van der Waals surface area contributed by atoms with Crippen molar-refractivity contribution in [2.45, 2.75) is 0 Å². The minimum Gasteiger partial charge on any atom is -0.468 e. The SMILES string of the molecule is COC(=O)CN.N=C=O. The first-order chi connectivity index (χ1) is 4.22. The summed E-state index contributed by atoms with van der Waals surface area (Å²) < 4.78 is 4.14. The molecular formula is C4H8N2O3. The van der Waals surface area contributed by atoms with Crippen LogP contribution in [0.1, 0.15) is 0 Å². The number of methoxy groups -OCH3 is 1. The van der Waals surface area contributed by atoms with Gasteiger partial charge in [0.15, 0.2) is 0 Å². The Morgan fingerprint density at radius 1 is 1.89 bits per heavy atom. The van der Waals surface area contributed by atoms with Crippen LogP contribution in [-0.4, -0.2) is 25.7 Å². The number of carbonyl (C=O) groups excluding carboxylic acids is 2. The van der Waals surface area contributed by atoms with E-state index in [9.17, 15) is 4.79 Å². The molecule has 0 spiro atoms. The molecule has 0 radical (unpaired) electrons. The Kier molecular flexibility index (Phi) is 11.8. The Balaban J connectivity index is 0. The quantitative estimate of drug-likeness (QED) is 0.272. The zero-order valence-electron chi connectivity index (χ0n) is 5.01. The van der Waals surface area contributed by atoms with Gasteiger partial charge in [-0.2, -0.15) is 0 Å². The maximum absolute atomic E-state index is 9.83. The predicted octanol–water partition coefficient (Wildman–Crippen LogP) is -0.981. The number of rotatable bonds is 1. The molecule has 0 rings (SSSR count). The van der Waals surface area contributed by atoms with Crippen LogP contribution in [-0.2, 0) is 14.3 Å². The van der Waals surface area contributed by atoms with Gasteiger partial charge in [0, 0.05) is 0 Å². The summed E-state index contributed by atoms with van der Waals surface area (Å²) in [6, 6.07) is 0. The Labute approximate surface area is 52.3 Å². The van der Waals surface area contributed by atoms with Gasteiger partial charge in [-0.1, -0.05) is 0 Å². The fourth-order valence-corrected chi connectivity index (χ4v) is 0.0833. The van der Waals surface area contributed by atoms with E-state index in [0.29, 0.717) is 0 Å². The third kappa shape index (κ3) is 20.0. The van der Waals surface area contributed by atoms with Gasteiger partial charge < -0.3 is 10.5 Å². The zero-order chi connectivity index (χ0) is 7.70. The normalized spacial score (nSPS) is 6.00. The van der Waals surface area contributed by atoms with Crippen LogP contribution in [0.2, 0.25) is 0 Å². The van der Waals surface area contributed by atoms with Crippen molar-refractivity contribution >= 4 is 12.0 Å². The molecule has 0 aromatic carbocycles. The maximum atomic E-state index is 9.83. The third-order valence-electron chi connectivity index (χ3n) is 0.394. The zero-order valence-corrected chi connectivity index (χ0v) is 5.01. The molecule has 0 saturated heterocycles.